The number of benzene rings is 3. The Labute approximate surface area is 208 Å². The van der Waals surface area contributed by atoms with E-state index in [1.165, 1.54) is 16.4 Å². The van der Waals surface area contributed by atoms with Gasteiger partial charge in [0.1, 0.15) is 5.75 Å². The van der Waals surface area contributed by atoms with Crippen LogP contribution in [0.15, 0.2) is 76.1 Å². The van der Waals surface area contributed by atoms with Gasteiger partial charge in [0.2, 0.25) is 0 Å². The number of amides is 1. The highest BCUT2D eigenvalue weighted by atomic mass is 79.9. The van der Waals surface area contributed by atoms with E-state index in [0.717, 1.165) is 46.2 Å². The zero-order valence-corrected chi connectivity index (χ0v) is 21.2. The summed E-state index contributed by atoms with van der Waals surface area (Å²) in [6.07, 6.45) is 2.46. The molecule has 0 radical (unpaired) electrons. The third kappa shape index (κ3) is 4.20. The van der Waals surface area contributed by atoms with Crippen molar-refractivity contribution in [2.75, 3.05) is 22.4 Å². The molecule has 5 rings (SSSR count). The van der Waals surface area contributed by atoms with Crippen LogP contribution in [0.2, 0.25) is 0 Å². The lowest BCUT2D eigenvalue weighted by Gasteiger charge is -2.30. The Morgan fingerprint density at radius 3 is 2.59 bits per heavy atom. The molecule has 8 heteroatoms. The maximum Gasteiger partial charge on any atom is 0.265 e. The lowest BCUT2D eigenvalue weighted by Crippen LogP contribution is -2.39. The van der Waals surface area contributed by atoms with E-state index in [9.17, 15) is 13.2 Å². The van der Waals surface area contributed by atoms with Gasteiger partial charge in [0.05, 0.1) is 10.6 Å². The molecule has 2 aliphatic heterocycles. The molecule has 34 heavy (non-hydrogen) atoms. The summed E-state index contributed by atoms with van der Waals surface area (Å²) >= 11 is 3.48. The van der Waals surface area contributed by atoms with E-state index in [1.54, 1.807) is 17.0 Å². The van der Waals surface area contributed by atoms with Gasteiger partial charge in [0.15, 0.2) is 6.61 Å². The number of anilines is 2. The smallest absolute Gasteiger partial charge is 0.265 e. The largest absolute Gasteiger partial charge is 0.484 e. The number of halogens is 1. The van der Waals surface area contributed by atoms with Crippen molar-refractivity contribution in [1.29, 1.82) is 0 Å². The van der Waals surface area contributed by atoms with Crippen LogP contribution in [0.3, 0.4) is 0 Å². The number of hydrogen-bond acceptors (Lipinski definition) is 4. The fourth-order valence-corrected chi connectivity index (χ4v) is 6.73. The lowest BCUT2D eigenvalue weighted by atomic mass is 10.0. The summed E-state index contributed by atoms with van der Waals surface area (Å²) in [5, 5.41) is 0. The van der Waals surface area contributed by atoms with E-state index >= 15 is 0 Å². The van der Waals surface area contributed by atoms with Crippen LogP contribution >= 0.6 is 15.9 Å². The molecular weight excluding hydrogens is 516 g/mol. The van der Waals surface area contributed by atoms with Crippen molar-refractivity contribution in [2.45, 2.75) is 37.1 Å². The fourth-order valence-electron chi connectivity index (χ4n) is 4.78. The van der Waals surface area contributed by atoms with Gasteiger partial charge >= 0.3 is 0 Å². The van der Waals surface area contributed by atoms with Crippen LogP contribution in [-0.4, -0.2) is 33.5 Å². The molecule has 1 unspecified atom stereocenters. The molecule has 6 nitrogen and oxygen atoms in total. The average molecular weight is 541 g/mol. The van der Waals surface area contributed by atoms with E-state index in [0.29, 0.717) is 12.3 Å². The molecule has 0 bridgehead atoms. The predicted molar refractivity (Wildman–Crippen MR) is 136 cm³/mol. The van der Waals surface area contributed by atoms with E-state index < -0.39 is 10.0 Å². The first-order chi connectivity index (χ1) is 16.3. The summed E-state index contributed by atoms with van der Waals surface area (Å²) in [6, 6.07) is 19.9. The summed E-state index contributed by atoms with van der Waals surface area (Å²) in [4.78, 5) is 14.9. The monoisotopic (exact) mass is 540 g/mol. The standard InChI is InChI=1S/C26H25BrN2O4S/c1-18-15-20-16-21(27)8-13-25(20)29(18)26(30)17-33-22-9-11-23(12-10-22)34(31,32)28-14-4-6-19-5-2-3-7-24(19)28/h2-3,5,7-13,16,18H,4,6,14-15,17H2,1H3. The minimum absolute atomic E-state index is 0.0559. The Bertz CT molecular complexity index is 1340. The number of para-hydroxylation sites is 1. The Kier molecular flexibility index (Phi) is 6.12. The molecule has 0 saturated heterocycles. The van der Waals surface area contributed by atoms with Crippen LogP contribution in [0.25, 0.3) is 0 Å². The van der Waals surface area contributed by atoms with Gasteiger partial charge in [0.25, 0.3) is 15.9 Å². The van der Waals surface area contributed by atoms with Crippen LogP contribution in [0.4, 0.5) is 11.4 Å². The van der Waals surface area contributed by atoms with E-state index in [2.05, 4.69) is 15.9 Å². The Hall–Kier alpha value is -2.84. The Morgan fingerprint density at radius 2 is 1.79 bits per heavy atom. The average Bonchev–Trinajstić information content (AvgIpc) is 3.17. The maximum atomic E-state index is 13.3. The Balaban J connectivity index is 1.28. The zero-order valence-electron chi connectivity index (χ0n) is 18.8. The summed E-state index contributed by atoms with van der Waals surface area (Å²) in [5.74, 6) is 0.324. The topological polar surface area (TPSA) is 66.9 Å². The second kappa shape index (κ2) is 9.07. The molecule has 1 atom stereocenters. The molecule has 0 spiro atoms. The Morgan fingerprint density at radius 1 is 1.03 bits per heavy atom. The molecule has 3 aromatic carbocycles. The van der Waals surface area contributed by atoms with E-state index in [1.807, 2.05) is 49.4 Å². The third-order valence-electron chi connectivity index (χ3n) is 6.37. The van der Waals surface area contributed by atoms with Crippen molar-refractivity contribution < 1.29 is 17.9 Å². The molecule has 176 valence electrons. The van der Waals surface area contributed by atoms with Gasteiger partial charge in [0, 0.05) is 22.7 Å². The molecule has 3 aromatic rings. The van der Waals surface area contributed by atoms with Crippen molar-refractivity contribution >= 4 is 43.2 Å². The van der Waals surface area contributed by atoms with Gasteiger partial charge in [-0.1, -0.05) is 34.1 Å². The van der Waals surface area contributed by atoms with Crippen molar-refractivity contribution in [2.24, 2.45) is 0 Å². The van der Waals surface area contributed by atoms with Crippen LogP contribution in [0, 0.1) is 0 Å². The van der Waals surface area contributed by atoms with Gasteiger partial charge in [-0.05, 0) is 85.8 Å². The summed E-state index contributed by atoms with van der Waals surface area (Å²) in [7, 11) is -3.68. The van der Waals surface area contributed by atoms with Crippen LogP contribution in [0.5, 0.6) is 5.75 Å². The van der Waals surface area contributed by atoms with Gasteiger partial charge < -0.3 is 9.64 Å². The van der Waals surface area contributed by atoms with Crippen LogP contribution in [0.1, 0.15) is 24.5 Å². The summed E-state index contributed by atoms with van der Waals surface area (Å²) < 4.78 is 34.8. The number of carbonyl (C=O) groups is 1. The molecule has 0 aliphatic carbocycles. The number of hydrogen-bond donors (Lipinski definition) is 0. The molecule has 0 fully saturated rings. The minimum atomic E-state index is -3.68. The van der Waals surface area contributed by atoms with Crippen molar-refractivity contribution in [1.82, 2.24) is 0 Å². The zero-order chi connectivity index (χ0) is 23.9. The van der Waals surface area contributed by atoms with Gasteiger partial charge in [-0.2, -0.15) is 0 Å². The van der Waals surface area contributed by atoms with Crippen molar-refractivity contribution in [3.05, 3.63) is 82.3 Å². The molecular formula is C26H25BrN2O4S. The highest BCUT2D eigenvalue weighted by Crippen LogP contribution is 2.35. The number of rotatable bonds is 5. The first-order valence-corrected chi connectivity index (χ1v) is 13.5. The highest BCUT2D eigenvalue weighted by Gasteiger charge is 2.31. The molecule has 0 aromatic heterocycles. The first-order valence-electron chi connectivity index (χ1n) is 11.3. The van der Waals surface area contributed by atoms with Gasteiger partial charge in [-0.3, -0.25) is 9.10 Å². The first kappa shape index (κ1) is 22.9. The second-order valence-electron chi connectivity index (χ2n) is 8.66. The molecule has 2 aliphatic rings. The summed E-state index contributed by atoms with van der Waals surface area (Å²) in [5.41, 5.74) is 3.82. The molecule has 0 saturated carbocycles. The van der Waals surface area contributed by atoms with E-state index in [-0.39, 0.29) is 23.5 Å². The lowest BCUT2D eigenvalue weighted by molar-refractivity contribution is -0.120. The number of carbonyl (C=O) groups excluding carboxylic acids is 1. The number of nitrogens with zero attached hydrogens (tertiary/aromatic N) is 2. The fraction of sp³-hybridized carbons (Fsp3) is 0.269. The maximum absolute atomic E-state index is 13.3. The third-order valence-corrected chi connectivity index (χ3v) is 8.69. The van der Waals surface area contributed by atoms with Crippen molar-refractivity contribution in [3.8, 4) is 5.75 Å². The molecule has 1 amide bonds. The molecule has 0 N–H and O–H groups in total. The quantitative estimate of drug-likeness (QED) is 0.459. The number of ether oxygens (including phenoxy) is 1. The number of fused-ring (bicyclic) bond motifs is 2. The predicted octanol–water partition coefficient (Wildman–Crippen LogP) is 4.95. The number of sulfonamides is 1. The van der Waals surface area contributed by atoms with Crippen LogP contribution in [-0.2, 0) is 27.7 Å². The highest BCUT2D eigenvalue weighted by molar-refractivity contribution is 9.10. The van der Waals surface area contributed by atoms with Gasteiger partial charge in [-0.15, -0.1) is 0 Å². The number of aryl methyl sites for hydroxylation is 1. The normalized spacial score (nSPS) is 17.3. The second-order valence-corrected chi connectivity index (χ2v) is 11.4. The summed E-state index contributed by atoms with van der Waals surface area (Å²) in [6.45, 7) is 2.35. The minimum Gasteiger partial charge on any atom is -0.484 e. The SMILES string of the molecule is CC1Cc2cc(Br)ccc2N1C(=O)COc1ccc(S(=O)(=O)N2CCCc3ccccc32)cc1. The molecule has 2 heterocycles. The van der Waals surface area contributed by atoms with Crippen molar-refractivity contribution in [3.63, 3.8) is 0 Å². The van der Waals surface area contributed by atoms with Gasteiger partial charge in [-0.25, -0.2) is 8.42 Å². The van der Waals surface area contributed by atoms with E-state index in [4.69, 9.17) is 4.74 Å². The van der Waals surface area contributed by atoms with Crippen LogP contribution < -0.4 is 13.9 Å².